The maximum atomic E-state index is 13.4. The first kappa shape index (κ1) is 115. The van der Waals surface area contributed by atoms with Crippen molar-refractivity contribution < 1.29 is 47.1 Å². The topological polar surface area (TPSA) is 326 Å². The normalized spacial score (nSPS) is 19.4. The van der Waals surface area contributed by atoms with Crippen molar-refractivity contribution in [2.75, 3.05) is 98.7 Å². The molecule has 7 aromatic heterocycles. The summed E-state index contributed by atoms with van der Waals surface area (Å²) < 4.78 is 31.4. The maximum absolute atomic E-state index is 13.4. The third kappa shape index (κ3) is 36.4. The summed E-state index contributed by atoms with van der Waals surface area (Å²) in [7, 11) is 1.56. The number of pyridine rings is 7. The third-order valence-corrected chi connectivity index (χ3v) is 28.4. The van der Waals surface area contributed by atoms with Crippen LogP contribution in [0.25, 0.3) is 0 Å². The van der Waals surface area contributed by atoms with Gasteiger partial charge in [0.15, 0.2) is 11.5 Å². The second-order valence-corrected chi connectivity index (χ2v) is 43.6. The van der Waals surface area contributed by atoms with Crippen LogP contribution in [0.15, 0.2) is 128 Å². The van der Waals surface area contributed by atoms with Gasteiger partial charge < -0.3 is 66.5 Å². The summed E-state index contributed by atoms with van der Waals surface area (Å²) >= 11 is 23.9. The van der Waals surface area contributed by atoms with Crippen molar-refractivity contribution in [3.05, 3.63) is 200 Å². The Morgan fingerprint density at radius 3 is 0.957 bits per heavy atom. The first-order valence-electron chi connectivity index (χ1n) is 48.9. The average Bonchev–Trinajstić information content (AvgIpc) is 1.25. The van der Waals surface area contributed by atoms with Crippen LogP contribution < -0.4 is 42.0 Å². The first-order chi connectivity index (χ1) is 65.3. The second-order valence-electron chi connectivity index (χ2n) is 42.0. The van der Waals surface area contributed by atoms with Gasteiger partial charge in [-0.1, -0.05) is 52.5 Å². The number of carbonyl (C=O) groups excluding carboxylic acids is 7. The highest BCUT2D eigenvalue weighted by molar-refractivity contribution is 6.34. The Labute approximate surface area is 843 Å². The van der Waals surface area contributed by atoms with Gasteiger partial charge in [0.1, 0.15) is 34.3 Å². The summed E-state index contributed by atoms with van der Waals surface area (Å²) in [5.41, 5.74) is 1.29. The van der Waals surface area contributed by atoms with E-state index in [0.29, 0.717) is 79.5 Å². The summed E-state index contributed by atoms with van der Waals surface area (Å²) in [6.07, 6.45) is 21.7. The van der Waals surface area contributed by atoms with Crippen molar-refractivity contribution in [1.82, 2.24) is 106 Å². The van der Waals surface area contributed by atoms with Crippen LogP contribution in [0.1, 0.15) is 296 Å². The zero-order chi connectivity index (χ0) is 103. The molecule has 0 spiro atoms. The van der Waals surface area contributed by atoms with E-state index in [1.54, 1.807) is 92.7 Å². The third-order valence-electron chi connectivity index (χ3n) is 27.2. The van der Waals surface area contributed by atoms with Crippen LogP contribution >= 0.6 is 46.4 Å². The Balaban J connectivity index is 0.000000199. The summed E-state index contributed by atoms with van der Waals surface area (Å²) in [6, 6.07) is 25.9. The molecule has 29 nitrogen and oxygen atoms in total. The Hall–Kier alpha value is -9.12. The summed E-state index contributed by atoms with van der Waals surface area (Å²) in [5, 5.41) is 22.6. The van der Waals surface area contributed by atoms with Crippen molar-refractivity contribution in [2.24, 2.45) is 0 Å². The van der Waals surface area contributed by atoms with Gasteiger partial charge in [0.05, 0.1) is 39.0 Å². The number of ether oxygens (including phenoxy) is 1. The Bertz CT molecular complexity index is 4910. The van der Waals surface area contributed by atoms with Gasteiger partial charge in [0.25, 0.3) is 41.4 Å². The lowest BCUT2D eigenvalue weighted by molar-refractivity contribution is 0.0787. The van der Waals surface area contributed by atoms with Gasteiger partial charge >= 0.3 is 0 Å². The smallest absolute Gasteiger partial charge is 0.273 e. The van der Waals surface area contributed by atoms with Crippen molar-refractivity contribution >= 4 is 87.8 Å². The zero-order valence-corrected chi connectivity index (χ0v) is 88.9. The molecule has 764 valence electrons. The molecule has 0 aliphatic carbocycles. The van der Waals surface area contributed by atoms with Crippen molar-refractivity contribution in [3.8, 4) is 5.88 Å². The molecule has 7 fully saturated rings. The number of halogens is 6. The minimum atomic E-state index is -0.578. The van der Waals surface area contributed by atoms with Gasteiger partial charge in [-0.05, 0) is 295 Å². The molecule has 0 aromatic carbocycles. The fourth-order valence-electron chi connectivity index (χ4n) is 17.4. The van der Waals surface area contributed by atoms with Crippen LogP contribution in [0.3, 0.4) is 0 Å². The first-order valence-corrected chi connectivity index (χ1v) is 50.4. The van der Waals surface area contributed by atoms with Crippen LogP contribution in [0, 0.1) is 11.6 Å². The van der Waals surface area contributed by atoms with Gasteiger partial charge in [0.2, 0.25) is 5.88 Å². The molecule has 2 unspecified atom stereocenters. The molecule has 7 saturated heterocycles. The van der Waals surface area contributed by atoms with Gasteiger partial charge in [-0.2, -0.15) is 0 Å². The number of amides is 7. The summed E-state index contributed by atoms with van der Waals surface area (Å²) in [6.45, 7) is 59.1. The highest BCUT2D eigenvalue weighted by Gasteiger charge is 2.40. The highest BCUT2D eigenvalue weighted by atomic mass is 35.5. The van der Waals surface area contributed by atoms with Crippen LogP contribution in [-0.4, -0.2) is 290 Å². The minimum Gasteiger partial charge on any atom is -0.481 e. The van der Waals surface area contributed by atoms with Crippen LogP contribution in [0.5, 0.6) is 5.88 Å². The molecule has 14 rings (SSSR count). The van der Waals surface area contributed by atoms with Gasteiger partial charge in [-0.25, -0.2) is 38.7 Å². The number of hydrogen-bond donors (Lipinski definition) is 7. The highest BCUT2D eigenvalue weighted by Crippen LogP contribution is 2.32. The van der Waals surface area contributed by atoms with E-state index in [2.05, 4.69) is 245 Å². The van der Waals surface area contributed by atoms with E-state index < -0.39 is 17.5 Å². The Morgan fingerprint density at radius 2 is 0.669 bits per heavy atom. The number of rotatable bonds is 20. The minimum absolute atomic E-state index is 0.0377. The molecule has 7 aromatic rings. The molecule has 139 heavy (non-hydrogen) atoms. The summed E-state index contributed by atoms with van der Waals surface area (Å²) in [5.74, 6) is -2.08. The second kappa shape index (κ2) is 52.8. The van der Waals surface area contributed by atoms with Crippen LogP contribution in [-0.2, 0) is 0 Å². The number of piperidine rings is 5. The van der Waals surface area contributed by atoms with Gasteiger partial charge in [0, 0.05) is 216 Å². The lowest BCUT2D eigenvalue weighted by Gasteiger charge is -2.41. The zero-order valence-electron chi connectivity index (χ0n) is 85.8. The molecular formula is C104H153Cl4F2N21O8. The molecule has 7 aliphatic rings. The molecule has 0 radical (unpaired) electrons. The molecule has 2 atom stereocenters. The van der Waals surface area contributed by atoms with E-state index in [9.17, 15) is 42.3 Å². The molecular weight excluding hydrogens is 1850 g/mol. The van der Waals surface area contributed by atoms with Crippen molar-refractivity contribution in [3.63, 3.8) is 0 Å². The Kier molecular flexibility index (Phi) is 43.7. The molecule has 7 amide bonds. The standard InChI is InChI=1S/C16H25N3O2.C15H21ClFN3O.2C15H22ClN3O.C15H23N3O.C14H20ClN3O.C14H20FN3O/c1-12(2)19-9-7-16(3,8-10-19)18-15(20)13-5-6-14(21-4)17-11-13;1-10(2)20-6-4-15(3,5-7-20)19-14(21)13-12(16)8-11(17)9-18-13;2*1-11(2)19-9-6-15(3,7-10-19)18-14(20)13-12(16)5-4-8-17-13;1-12(2)18-10-7-15(3,8-11-18)17-14(19)13-6-4-5-9-16-13;2*1-14(2,3)18-8-6-10(9-18)17-13(19)12-11(15)5-4-7-16-12/h5-6,11-12H,7-10H2,1-4H3,(H,18,20);8-10H,4-7H2,1-3H3,(H,19,21);2*4-5,8,11H,6-7,9-10H2,1-3H3,(H,18,20);4-6,9,12H,7-8,10-11H2,1-3H3,(H,17,19);2*4-5,7,10H,6,8-9H2,1-3H3,(H,17,19). The van der Waals surface area contributed by atoms with E-state index in [1.165, 1.54) is 18.3 Å². The molecule has 0 bridgehead atoms. The van der Waals surface area contributed by atoms with E-state index in [1.807, 2.05) is 19.1 Å². The predicted molar refractivity (Wildman–Crippen MR) is 550 cm³/mol. The van der Waals surface area contributed by atoms with Gasteiger partial charge in [-0.3, -0.25) is 48.3 Å². The molecule has 7 aliphatic heterocycles. The van der Waals surface area contributed by atoms with Crippen LogP contribution in [0.2, 0.25) is 20.1 Å². The number of methoxy groups -OCH3 is 1. The quantitative estimate of drug-likeness (QED) is 0.0373. The molecule has 35 heteroatoms. The SMILES string of the molecule is CC(C)(C)N1CCC(NC(=O)c2ncccc2Cl)C1.CC(C)(C)N1CCC(NC(=O)c2ncccc2F)C1.CC(C)N1CCC(C)(NC(=O)c2ccccn2)CC1.CC(C)N1CCC(C)(NC(=O)c2ncc(F)cc2Cl)CC1.CC(C)N1CCC(C)(NC(=O)c2ncccc2Cl)CC1.CC(C)N1CCC(C)(NC(=O)c2ncccc2Cl)CC1.COc1ccc(C(=O)NC2(C)CCN(C(C)C)CC2)cn1. The fourth-order valence-corrected chi connectivity index (χ4v) is 18.2. The average molecular weight is 2010 g/mol. The lowest BCUT2D eigenvalue weighted by Crippen LogP contribution is -2.54. The number of nitrogens with zero attached hydrogens (tertiary/aromatic N) is 14. The largest absolute Gasteiger partial charge is 0.481 e. The number of carbonyl (C=O) groups is 7. The van der Waals surface area contributed by atoms with E-state index in [-0.39, 0.29) is 103 Å². The lowest BCUT2D eigenvalue weighted by atomic mass is 9.88. The predicted octanol–water partition coefficient (Wildman–Crippen LogP) is 16.6. The van der Waals surface area contributed by atoms with Crippen molar-refractivity contribution in [2.45, 2.75) is 304 Å². The molecule has 0 saturated carbocycles. The monoisotopic (exact) mass is 2000 g/mol. The van der Waals surface area contributed by atoms with E-state index in [0.717, 1.165) is 181 Å². The fraction of sp³-hybridized carbons (Fsp3) is 0.596. The van der Waals surface area contributed by atoms with Crippen LogP contribution in [0.4, 0.5) is 8.78 Å². The maximum Gasteiger partial charge on any atom is 0.273 e. The van der Waals surface area contributed by atoms with E-state index in [4.69, 9.17) is 51.1 Å². The molecule has 7 N–H and O–H groups in total. The van der Waals surface area contributed by atoms with Crippen molar-refractivity contribution in [1.29, 1.82) is 0 Å². The van der Waals surface area contributed by atoms with E-state index >= 15 is 0 Å². The summed E-state index contributed by atoms with van der Waals surface area (Å²) in [4.78, 5) is 130. The molecule has 14 heterocycles. The van der Waals surface area contributed by atoms with Gasteiger partial charge in [-0.15, -0.1) is 0 Å². The number of hydrogen-bond acceptors (Lipinski definition) is 22. The Morgan fingerprint density at radius 1 is 0.360 bits per heavy atom. The number of nitrogens with one attached hydrogen (secondary N) is 7. The number of likely N-dealkylation sites (tertiary alicyclic amines) is 7. The number of aromatic nitrogens is 7.